The summed E-state index contributed by atoms with van der Waals surface area (Å²) in [4.78, 5) is 80.4. The Morgan fingerprint density at radius 1 is 0.914 bits per heavy atom. The number of halogens is 4. The number of rotatable bonds is 14. The number of ether oxygens (including phenoxy) is 1. The number of piperazine rings is 1. The van der Waals surface area contributed by atoms with Crippen molar-refractivity contribution in [1.82, 2.24) is 35.3 Å². The van der Waals surface area contributed by atoms with E-state index in [9.17, 15) is 42.4 Å². The second-order valence-electron chi connectivity index (χ2n) is 20.3. The maximum absolute atomic E-state index is 15.5. The van der Waals surface area contributed by atoms with E-state index in [1.54, 1.807) is 6.07 Å². The van der Waals surface area contributed by atoms with Crippen LogP contribution in [0.2, 0.25) is 0 Å². The van der Waals surface area contributed by atoms with Gasteiger partial charge in [-0.3, -0.25) is 44.0 Å². The normalized spacial score (nSPS) is 27.0. The Morgan fingerprint density at radius 2 is 1.63 bits per heavy atom. The zero-order valence-electron chi connectivity index (χ0n) is 38.5. The molecule has 4 unspecified atom stereocenters. The van der Waals surface area contributed by atoms with Crippen LogP contribution >= 0.6 is 0 Å². The molecule has 0 spiro atoms. The molecule has 4 aliphatic heterocycles. The van der Waals surface area contributed by atoms with Gasteiger partial charge in [0.25, 0.3) is 11.8 Å². The Morgan fingerprint density at radius 3 is 2.33 bits per heavy atom. The van der Waals surface area contributed by atoms with E-state index >= 15 is 4.39 Å². The summed E-state index contributed by atoms with van der Waals surface area (Å²) in [6.07, 6.45) is 3.59. The Kier molecular flexibility index (Phi) is 12.9. The Labute approximate surface area is 401 Å². The number of hydrogen-bond acceptors (Lipinski definition) is 14. The lowest BCUT2D eigenvalue weighted by atomic mass is 9.48. The number of amides is 5. The molecule has 2 aromatic carbocycles. The summed E-state index contributed by atoms with van der Waals surface area (Å²) >= 11 is 0. The SMILES string of the molecule is N#Cc1cnc(NCc2ccccc2OC(F)(F)F)nc1NCC12CC3C[C@H](C1)C(NC(=O)CN1CCC(CN4CCN(c5cc6c(cc5F)C(=O)N(C5CCC(=O)NC5=O)C6=O)CC4)CC1)[C@@H](C3)C2. The van der Waals surface area contributed by atoms with Crippen LogP contribution in [0.25, 0.3) is 0 Å². The monoisotopic (exact) mass is 969 g/mol. The van der Waals surface area contributed by atoms with Gasteiger partial charge in [-0.05, 0) is 112 Å². The third kappa shape index (κ3) is 9.84. The highest BCUT2D eigenvalue weighted by molar-refractivity contribution is 6.23. The van der Waals surface area contributed by atoms with Gasteiger partial charge in [-0.2, -0.15) is 10.2 Å². The smallest absolute Gasteiger partial charge is 0.405 e. The van der Waals surface area contributed by atoms with E-state index in [0.717, 1.165) is 75.5 Å². The van der Waals surface area contributed by atoms with E-state index in [1.165, 1.54) is 30.5 Å². The molecular weight excluding hydrogens is 915 g/mol. The lowest BCUT2D eigenvalue weighted by Gasteiger charge is -2.60. The molecule has 5 heterocycles. The number of nitriles is 1. The van der Waals surface area contributed by atoms with E-state index in [-0.39, 0.29) is 76.4 Å². The van der Waals surface area contributed by atoms with Crippen molar-refractivity contribution in [3.63, 3.8) is 0 Å². The van der Waals surface area contributed by atoms with Crippen molar-refractivity contribution in [2.75, 3.05) is 74.4 Å². The summed E-state index contributed by atoms with van der Waals surface area (Å²) < 4.78 is 58.6. The minimum atomic E-state index is -4.84. The van der Waals surface area contributed by atoms with Gasteiger partial charge in [0.05, 0.1) is 29.6 Å². The number of piperidine rings is 2. The maximum atomic E-state index is 15.5. The topological polar surface area (TPSA) is 205 Å². The van der Waals surface area contributed by atoms with Crippen LogP contribution in [0.3, 0.4) is 0 Å². The Bertz CT molecular complexity index is 2600. The van der Waals surface area contributed by atoms with Crippen molar-refractivity contribution in [2.45, 2.75) is 82.8 Å². The average Bonchev–Trinajstić information content (AvgIpc) is 3.56. The molecule has 7 fully saturated rings. The first-order valence-corrected chi connectivity index (χ1v) is 24.2. The summed E-state index contributed by atoms with van der Waals surface area (Å²) in [6, 6.07) is 9.46. The minimum Gasteiger partial charge on any atom is -0.405 e. The molecule has 17 nitrogen and oxygen atoms in total. The average molecular weight is 970 g/mol. The molecule has 4 bridgehead atoms. The third-order valence-corrected chi connectivity index (χ3v) is 15.7. The second kappa shape index (κ2) is 19.1. The molecule has 0 radical (unpaired) electrons. The number of benzene rings is 2. The van der Waals surface area contributed by atoms with Crippen LogP contribution in [-0.4, -0.2) is 132 Å². The second-order valence-corrected chi connectivity index (χ2v) is 20.3. The first-order valence-electron chi connectivity index (χ1n) is 24.2. The number of imide groups is 2. The number of carbonyl (C=O) groups is 5. The summed E-state index contributed by atoms with van der Waals surface area (Å²) in [5.74, 6) is -1.23. The minimum absolute atomic E-state index is 0.00129. The number of carbonyl (C=O) groups excluding carboxylic acids is 5. The summed E-state index contributed by atoms with van der Waals surface area (Å²) in [7, 11) is 0. The van der Waals surface area contributed by atoms with E-state index in [4.69, 9.17) is 0 Å². The van der Waals surface area contributed by atoms with Crippen LogP contribution in [0.1, 0.15) is 89.6 Å². The van der Waals surface area contributed by atoms with Gasteiger partial charge >= 0.3 is 6.36 Å². The maximum Gasteiger partial charge on any atom is 0.573 e. The number of alkyl halides is 3. The third-order valence-electron chi connectivity index (χ3n) is 15.7. The summed E-state index contributed by atoms with van der Waals surface area (Å²) in [5.41, 5.74) is 0.727. The van der Waals surface area contributed by atoms with E-state index in [0.29, 0.717) is 68.8 Å². The predicted molar refractivity (Wildman–Crippen MR) is 244 cm³/mol. The molecule has 5 amide bonds. The van der Waals surface area contributed by atoms with Gasteiger partial charge in [0.15, 0.2) is 0 Å². The zero-order chi connectivity index (χ0) is 48.9. The number of anilines is 3. The van der Waals surface area contributed by atoms with Crippen LogP contribution in [0.15, 0.2) is 42.6 Å². The van der Waals surface area contributed by atoms with Crippen LogP contribution in [0.4, 0.5) is 35.0 Å². The van der Waals surface area contributed by atoms with Crippen molar-refractivity contribution >= 4 is 47.0 Å². The van der Waals surface area contributed by atoms with Crippen LogP contribution in [0, 0.1) is 46.2 Å². The number of nitrogens with one attached hydrogen (secondary N) is 4. The predicted octanol–water partition coefficient (Wildman–Crippen LogP) is 4.66. The molecule has 4 saturated carbocycles. The summed E-state index contributed by atoms with van der Waals surface area (Å²) in [6.45, 7) is 5.92. The first-order chi connectivity index (χ1) is 33.6. The van der Waals surface area contributed by atoms with Gasteiger partial charge in [-0.15, -0.1) is 13.2 Å². The fourth-order valence-corrected chi connectivity index (χ4v) is 12.7. The number of hydrogen-bond donors (Lipinski definition) is 4. The van der Waals surface area contributed by atoms with Crippen LogP contribution in [0.5, 0.6) is 5.75 Å². The lowest BCUT2D eigenvalue weighted by Crippen LogP contribution is -2.61. The van der Waals surface area contributed by atoms with Crippen molar-refractivity contribution in [3.05, 3.63) is 70.7 Å². The fourth-order valence-electron chi connectivity index (χ4n) is 12.7. The van der Waals surface area contributed by atoms with Gasteiger partial charge < -0.3 is 25.6 Å². The molecule has 370 valence electrons. The molecule has 1 aromatic heterocycles. The van der Waals surface area contributed by atoms with Gasteiger partial charge in [-0.1, -0.05) is 18.2 Å². The first kappa shape index (κ1) is 47.3. The van der Waals surface area contributed by atoms with Crippen molar-refractivity contribution in [1.29, 1.82) is 5.26 Å². The highest BCUT2D eigenvalue weighted by Gasteiger charge is 2.55. The Hall–Kier alpha value is -6.40. The highest BCUT2D eigenvalue weighted by atomic mass is 19.4. The van der Waals surface area contributed by atoms with Gasteiger partial charge in [-0.25, -0.2) is 9.37 Å². The van der Waals surface area contributed by atoms with Crippen molar-refractivity contribution in [2.24, 2.45) is 29.1 Å². The van der Waals surface area contributed by atoms with Crippen molar-refractivity contribution < 1.29 is 46.3 Å². The lowest BCUT2D eigenvalue weighted by molar-refractivity contribution is -0.274. The standard InChI is InChI=1S/C49H55F4N11O6/c50-36-17-34-35(46(69)64(45(34)68)37-5-6-40(65)59-44(37)67)18-38(36)63-13-11-62(12-14-63)25-28-7-9-61(10-8-28)26-41(66)58-42-31-15-29-16-32(42)21-48(19-29,20-31)27-57-43-33(22-54)24-56-47(60-43)55-23-30-3-1-2-4-39(30)70-49(51,52)53/h1-4,17-18,24,28-29,31-32,37,42H,5-16,19-21,23,25-27H2,(H,58,66)(H,59,65,67)(H2,55,56,57,60)/t29?,31-,32+,37?,42?,48?. The molecule has 4 N–H and O–H groups in total. The molecule has 11 rings (SSSR count). The van der Waals surface area contributed by atoms with E-state index < -0.39 is 41.9 Å². The molecule has 8 aliphatic rings. The molecule has 6 atom stereocenters. The fraction of sp³-hybridized carbons (Fsp3) is 0.551. The number of aromatic nitrogens is 2. The molecular formula is C49H55F4N11O6. The zero-order valence-corrected chi connectivity index (χ0v) is 38.5. The van der Waals surface area contributed by atoms with Gasteiger partial charge in [0, 0.05) is 63.8 Å². The molecule has 21 heteroatoms. The highest BCUT2D eigenvalue weighted by Crippen LogP contribution is 2.60. The molecule has 3 aromatic rings. The number of nitrogens with zero attached hydrogens (tertiary/aromatic N) is 7. The van der Waals surface area contributed by atoms with Gasteiger partial charge in [0.2, 0.25) is 23.7 Å². The number of fused-ring (bicyclic) bond motifs is 1. The molecule has 4 aliphatic carbocycles. The Balaban J connectivity index is 0.666. The van der Waals surface area contributed by atoms with Crippen LogP contribution < -0.4 is 30.9 Å². The van der Waals surface area contributed by atoms with Crippen LogP contribution in [-0.2, 0) is 20.9 Å². The largest absolute Gasteiger partial charge is 0.573 e. The summed E-state index contributed by atoms with van der Waals surface area (Å²) in [5, 5.41) is 21.9. The number of para-hydroxylation sites is 1. The quantitative estimate of drug-likeness (QED) is 0.128. The van der Waals surface area contributed by atoms with Gasteiger partial charge in [0.1, 0.15) is 35.1 Å². The molecule has 70 heavy (non-hydrogen) atoms. The van der Waals surface area contributed by atoms with E-state index in [2.05, 4.69) is 51.8 Å². The molecule has 3 saturated heterocycles. The van der Waals surface area contributed by atoms with E-state index in [1.807, 2.05) is 4.90 Å². The number of likely N-dealkylation sites (tertiary alicyclic amines) is 1. The van der Waals surface area contributed by atoms with Crippen molar-refractivity contribution in [3.8, 4) is 11.8 Å².